The lowest BCUT2D eigenvalue weighted by atomic mass is 10.1. The summed E-state index contributed by atoms with van der Waals surface area (Å²) in [7, 11) is 2.17. The van der Waals surface area contributed by atoms with Crippen molar-refractivity contribution in [3.8, 4) is 11.3 Å². The van der Waals surface area contributed by atoms with Gasteiger partial charge in [-0.3, -0.25) is 5.10 Å². The molecule has 3 rings (SSSR count). The van der Waals surface area contributed by atoms with E-state index in [1.807, 2.05) is 6.20 Å². The molecule has 1 aliphatic rings. The first kappa shape index (κ1) is 23.1. The molecule has 0 spiro atoms. The number of benzene rings is 1. The highest BCUT2D eigenvalue weighted by molar-refractivity contribution is 5.86. The van der Waals surface area contributed by atoms with Gasteiger partial charge in [0.1, 0.15) is 5.82 Å². The number of nitrogens with zero attached hydrogens (tertiary/aromatic N) is 3. The van der Waals surface area contributed by atoms with Crippen molar-refractivity contribution in [1.82, 2.24) is 20.0 Å². The van der Waals surface area contributed by atoms with Crippen molar-refractivity contribution in [3.05, 3.63) is 41.8 Å². The number of rotatable bonds is 4. The molecule has 136 valence electrons. The molecule has 2 aromatic rings. The first-order chi connectivity index (χ1) is 10.2. The van der Waals surface area contributed by atoms with Gasteiger partial charge in [-0.2, -0.15) is 5.10 Å². The average molecular weight is 398 g/mol. The Morgan fingerprint density at radius 1 is 1.04 bits per heavy atom. The minimum absolute atomic E-state index is 0. The van der Waals surface area contributed by atoms with E-state index in [0.717, 1.165) is 50.4 Å². The number of H-pyrrole nitrogens is 1. The Balaban J connectivity index is 0.00000176. The Morgan fingerprint density at radius 3 is 2.29 bits per heavy atom. The lowest BCUT2D eigenvalue weighted by Crippen LogP contribution is -2.45. The smallest absolute Gasteiger partial charge is 0.123 e. The molecule has 8 heteroatoms. The van der Waals surface area contributed by atoms with Gasteiger partial charge in [0.25, 0.3) is 0 Å². The summed E-state index contributed by atoms with van der Waals surface area (Å²) in [6, 6.07) is 6.53. The Kier molecular flexibility index (Phi) is 10.5. The number of likely N-dealkylation sites (N-methyl/N-ethyl adjacent to an activating group) is 1. The van der Waals surface area contributed by atoms with Crippen molar-refractivity contribution in [2.24, 2.45) is 0 Å². The third-order valence-corrected chi connectivity index (χ3v) is 4.13. The Hall–Kier alpha value is -0.850. The molecular weight excluding hydrogens is 374 g/mol. The number of piperazine rings is 1. The van der Waals surface area contributed by atoms with E-state index in [0.29, 0.717) is 0 Å². The van der Waals surface area contributed by atoms with Crippen LogP contribution in [0, 0.1) is 5.82 Å². The molecule has 4 nitrogen and oxygen atoms in total. The van der Waals surface area contributed by atoms with Gasteiger partial charge in [-0.25, -0.2) is 4.39 Å². The molecule has 0 bridgehead atoms. The predicted octanol–water partition coefficient (Wildman–Crippen LogP) is 3.27. The zero-order valence-electron chi connectivity index (χ0n) is 13.6. The van der Waals surface area contributed by atoms with Gasteiger partial charge in [0.15, 0.2) is 0 Å². The van der Waals surface area contributed by atoms with Gasteiger partial charge in [-0.1, -0.05) is 0 Å². The molecule has 0 amide bonds. The van der Waals surface area contributed by atoms with Gasteiger partial charge >= 0.3 is 0 Å². The van der Waals surface area contributed by atoms with E-state index < -0.39 is 0 Å². The summed E-state index contributed by atoms with van der Waals surface area (Å²) in [5.74, 6) is -0.215. The van der Waals surface area contributed by atoms with Crippen LogP contribution in [0.5, 0.6) is 0 Å². The van der Waals surface area contributed by atoms with Crippen LogP contribution >= 0.6 is 37.2 Å². The summed E-state index contributed by atoms with van der Waals surface area (Å²) in [6.07, 6.45) is 2.92. The first-order valence-electron chi connectivity index (χ1n) is 7.42. The Labute approximate surface area is 161 Å². The molecule has 1 aromatic heterocycles. The molecule has 1 aromatic carbocycles. The third-order valence-electron chi connectivity index (χ3n) is 4.13. The number of halogens is 4. The summed E-state index contributed by atoms with van der Waals surface area (Å²) in [4.78, 5) is 4.85. The number of aromatic amines is 1. The normalized spacial score (nSPS) is 15.1. The van der Waals surface area contributed by atoms with E-state index in [4.69, 9.17) is 0 Å². The molecule has 0 unspecified atom stereocenters. The maximum absolute atomic E-state index is 13.0. The van der Waals surface area contributed by atoms with E-state index in [1.165, 1.54) is 17.7 Å². The average Bonchev–Trinajstić information content (AvgIpc) is 2.96. The largest absolute Gasteiger partial charge is 0.304 e. The van der Waals surface area contributed by atoms with E-state index in [1.54, 1.807) is 12.1 Å². The molecule has 1 N–H and O–H groups in total. The third kappa shape index (κ3) is 5.90. The second kappa shape index (κ2) is 10.9. The van der Waals surface area contributed by atoms with Crippen LogP contribution < -0.4 is 0 Å². The Morgan fingerprint density at radius 2 is 1.67 bits per heavy atom. The molecule has 0 saturated carbocycles. The summed E-state index contributed by atoms with van der Waals surface area (Å²) >= 11 is 0. The maximum Gasteiger partial charge on any atom is 0.123 e. The molecule has 1 saturated heterocycles. The fraction of sp³-hybridized carbons (Fsp3) is 0.438. The minimum Gasteiger partial charge on any atom is -0.304 e. The van der Waals surface area contributed by atoms with Crippen LogP contribution in [0.1, 0.15) is 5.56 Å². The molecule has 1 aliphatic heterocycles. The number of hydrogen-bond donors (Lipinski definition) is 1. The van der Waals surface area contributed by atoms with Gasteiger partial charge in [-0.15, -0.1) is 37.2 Å². The van der Waals surface area contributed by atoms with E-state index in [2.05, 4.69) is 27.0 Å². The number of hydrogen-bond acceptors (Lipinski definition) is 3. The maximum atomic E-state index is 13.0. The highest BCUT2D eigenvalue weighted by Gasteiger charge is 2.15. The number of aromatic nitrogens is 2. The second-order valence-electron chi connectivity index (χ2n) is 5.66. The van der Waals surface area contributed by atoms with Crippen LogP contribution in [0.15, 0.2) is 30.5 Å². The van der Waals surface area contributed by atoms with Crippen LogP contribution in [-0.2, 0) is 6.42 Å². The summed E-state index contributed by atoms with van der Waals surface area (Å²) in [6.45, 7) is 5.56. The van der Waals surface area contributed by atoms with E-state index >= 15 is 0 Å². The Bertz CT molecular complexity index is 583. The van der Waals surface area contributed by atoms with Crippen molar-refractivity contribution in [2.45, 2.75) is 6.42 Å². The van der Waals surface area contributed by atoms with Crippen LogP contribution in [0.25, 0.3) is 11.3 Å². The van der Waals surface area contributed by atoms with Crippen LogP contribution in [0.3, 0.4) is 0 Å². The molecular formula is C16H24Cl3FN4. The SMILES string of the molecule is CN1CCN(CCc2c[nH]nc2-c2ccc(F)cc2)CC1.Cl.Cl.Cl. The van der Waals surface area contributed by atoms with Crippen LogP contribution in [0.4, 0.5) is 4.39 Å². The molecule has 0 atom stereocenters. The highest BCUT2D eigenvalue weighted by atomic mass is 35.5. The highest BCUT2D eigenvalue weighted by Crippen LogP contribution is 2.22. The lowest BCUT2D eigenvalue weighted by molar-refractivity contribution is 0.155. The van der Waals surface area contributed by atoms with Crippen LogP contribution in [0.2, 0.25) is 0 Å². The fourth-order valence-electron chi connectivity index (χ4n) is 2.71. The van der Waals surface area contributed by atoms with Gasteiger partial charge in [-0.05, 0) is 43.3 Å². The molecule has 2 heterocycles. The second-order valence-corrected chi connectivity index (χ2v) is 5.66. The first-order valence-corrected chi connectivity index (χ1v) is 7.42. The van der Waals surface area contributed by atoms with E-state index in [-0.39, 0.29) is 43.0 Å². The standard InChI is InChI=1S/C16H21FN4.3ClH/c1-20-8-10-21(11-9-20)7-6-14-12-18-19-16(14)13-2-4-15(17)5-3-13;;;/h2-5,12H,6-11H2,1H3,(H,18,19);3*1H. The van der Waals surface area contributed by atoms with Crippen molar-refractivity contribution < 1.29 is 4.39 Å². The molecule has 24 heavy (non-hydrogen) atoms. The zero-order chi connectivity index (χ0) is 14.7. The van der Waals surface area contributed by atoms with Crippen LogP contribution in [-0.4, -0.2) is 59.8 Å². The monoisotopic (exact) mass is 396 g/mol. The van der Waals surface area contributed by atoms with Gasteiger partial charge in [0.2, 0.25) is 0 Å². The van der Waals surface area contributed by atoms with Gasteiger partial charge in [0.05, 0.1) is 5.69 Å². The van der Waals surface area contributed by atoms with Gasteiger partial charge < -0.3 is 9.80 Å². The lowest BCUT2D eigenvalue weighted by Gasteiger charge is -2.32. The summed E-state index contributed by atoms with van der Waals surface area (Å²) in [5.41, 5.74) is 3.09. The van der Waals surface area contributed by atoms with Crippen molar-refractivity contribution in [1.29, 1.82) is 0 Å². The quantitative estimate of drug-likeness (QED) is 0.860. The summed E-state index contributed by atoms with van der Waals surface area (Å²) < 4.78 is 13.0. The predicted molar refractivity (Wildman–Crippen MR) is 103 cm³/mol. The molecule has 1 fully saturated rings. The minimum atomic E-state index is -0.215. The molecule has 0 radical (unpaired) electrons. The van der Waals surface area contributed by atoms with Crippen molar-refractivity contribution in [3.63, 3.8) is 0 Å². The zero-order valence-corrected chi connectivity index (χ0v) is 16.0. The molecule has 0 aliphatic carbocycles. The summed E-state index contributed by atoms with van der Waals surface area (Å²) in [5, 5.41) is 7.25. The van der Waals surface area contributed by atoms with Crippen molar-refractivity contribution >= 4 is 37.2 Å². The number of nitrogens with one attached hydrogen (secondary N) is 1. The van der Waals surface area contributed by atoms with E-state index in [9.17, 15) is 4.39 Å². The van der Waals surface area contributed by atoms with Crippen molar-refractivity contribution in [2.75, 3.05) is 39.8 Å². The van der Waals surface area contributed by atoms with Gasteiger partial charge in [0, 0.05) is 44.5 Å². The topological polar surface area (TPSA) is 35.2 Å². The fourth-order valence-corrected chi connectivity index (χ4v) is 2.71.